The Hall–Kier alpha value is -1.30. The molecule has 1 radical (unpaired) electrons. The monoisotopic (exact) mass is 153 g/mol. The summed E-state index contributed by atoms with van der Waals surface area (Å²) in [4.78, 5) is 0. The molecule has 0 aliphatic heterocycles. The molecule has 0 heterocycles. The predicted molar refractivity (Wildman–Crippen MR) is 50.2 cm³/mol. The topological polar surface area (TPSA) is 0 Å². The van der Waals surface area contributed by atoms with Gasteiger partial charge in [-0.05, 0) is 40.8 Å². The van der Waals surface area contributed by atoms with Gasteiger partial charge in [-0.25, -0.2) is 0 Å². The average molecular weight is 153 g/mol. The zero-order valence-electron chi connectivity index (χ0n) is 6.80. The minimum Gasteiger partial charge on any atom is -0.0616 e. The number of rotatable bonds is 0. The van der Waals surface area contributed by atoms with Crippen LogP contribution in [0.15, 0.2) is 30.3 Å². The molecule has 2 aromatic carbocycles. The fourth-order valence-corrected chi connectivity index (χ4v) is 1.78. The fraction of sp³-hybridized carbons (Fsp3) is 0.167. The molecular formula is C12H9. The Morgan fingerprint density at radius 2 is 2.00 bits per heavy atom. The second-order valence-corrected chi connectivity index (χ2v) is 3.36. The number of fused-ring (bicyclic) bond motifs is 2. The highest BCUT2D eigenvalue weighted by atomic mass is 14.2. The second kappa shape index (κ2) is 2.10. The van der Waals surface area contributed by atoms with Gasteiger partial charge in [-0.2, -0.15) is 0 Å². The van der Waals surface area contributed by atoms with Crippen molar-refractivity contribution in [3.05, 3.63) is 47.5 Å². The van der Waals surface area contributed by atoms with Crippen LogP contribution in [0.25, 0.3) is 10.8 Å². The van der Waals surface area contributed by atoms with E-state index in [1.807, 2.05) is 0 Å². The maximum absolute atomic E-state index is 3.44. The Morgan fingerprint density at radius 1 is 1.08 bits per heavy atom. The minimum atomic E-state index is 1.22. The molecule has 1 aliphatic carbocycles. The highest BCUT2D eigenvalue weighted by molar-refractivity contribution is 5.84. The Morgan fingerprint density at radius 3 is 2.83 bits per heavy atom. The van der Waals surface area contributed by atoms with Crippen molar-refractivity contribution in [3.63, 3.8) is 0 Å². The van der Waals surface area contributed by atoms with Crippen molar-refractivity contribution in [1.82, 2.24) is 0 Å². The zero-order valence-corrected chi connectivity index (χ0v) is 6.80. The quantitative estimate of drug-likeness (QED) is 0.546. The summed E-state index contributed by atoms with van der Waals surface area (Å²) in [6.45, 7) is 0. The number of hydrogen-bond donors (Lipinski definition) is 0. The first-order valence-corrected chi connectivity index (χ1v) is 4.36. The van der Waals surface area contributed by atoms with Gasteiger partial charge in [0.05, 0.1) is 0 Å². The van der Waals surface area contributed by atoms with E-state index in [1.165, 1.54) is 34.7 Å². The van der Waals surface area contributed by atoms with Gasteiger partial charge in [0.15, 0.2) is 0 Å². The third kappa shape index (κ3) is 0.724. The van der Waals surface area contributed by atoms with Gasteiger partial charge in [-0.1, -0.05) is 30.3 Å². The van der Waals surface area contributed by atoms with Gasteiger partial charge in [0.25, 0.3) is 0 Å². The summed E-state index contributed by atoms with van der Waals surface area (Å²) >= 11 is 0. The highest BCUT2D eigenvalue weighted by Gasteiger charge is 2.13. The summed E-state index contributed by atoms with van der Waals surface area (Å²) in [7, 11) is 0. The molecule has 12 heavy (non-hydrogen) atoms. The van der Waals surface area contributed by atoms with Gasteiger partial charge < -0.3 is 0 Å². The van der Waals surface area contributed by atoms with Crippen LogP contribution >= 0.6 is 0 Å². The Balaban J connectivity index is 2.43. The molecule has 57 valence electrons. The van der Waals surface area contributed by atoms with Gasteiger partial charge >= 0.3 is 0 Å². The molecule has 2 aromatic rings. The lowest BCUT2D eigenvalue weighted by Crippen LogP contribution is -2.07. The molecule has 0 fully saturated rings. The van der Waals surface area contributed by atoms with E-state index in [0.717, 1.165) is 0 Å². The maximum Gasteiger partial charge on any atom is -0.00613 e. The van der Waals surface area contributed by atoms with Gasteiger partial charge in [0, 0.05) is 0 Å². The van der Waals surface area contributed by atoms with Crippen molar-refractivity contribution in [2.24, 2.45) is 0 Å². The Kier molecular flexibility index (Phi) is 1.09. The van der Waals surface area contributed by atoms with Crippen molar-refractivity contribution < 1.29 is 0 Å². The minimum absolute atomic E-state index is 1.22. The van der Waals surface area contributed by atoms with Gasteiger partial charge in [-0.3, -0.25) is 0 Å². The first kappa shape index (κ1) is 6.24. The van der Waals surface area contributed by atoms with Crippen LogP contribution in [0.4, 0.5) is 0 Å². The van der Waals surface area contributed by atoms with E-state index in [2.05, 4.69) is 36.4 Å². The summed E-state index contributed by atoms with van der Waals surface area (Å²) in [5.41, 5.74) is 2.92. The molecular weight excluding hydrogens is 144 g/mol. The average Bonchev–Trinajstić information content (AvgIpc) is 2.09. The van der Waals surface area contributed by atoms with Gasteiger partial charge in [0.1, 0.15) is 0 Å². The van der Waals surface area contributed by atoms with E-state index >= 15 is 0 Å². The van der Waals surface area contributed by atoms with Crippen LogP contribution in [0.2, 0.25) is 0 Å². The first-order chi connectivity index (χ1) is 5.93. The molecule has 0 unspecified atom stereocenters. The Bertz CT molecular complexity index is 398. The van der Waals surface area contributed by atoms with Crippen molar-refractivity contribution in [2.45, 2.75) is 12.8 Å². The number of benzene rings is 2. The summed E-state index contributed by atoms with van der Waals surface area (Å²) < 4.78 is 0. The van der Waals surface area contributed by atoms with Crippen LogP contribution in [-0.2, 0) is 12.8 Å². The highest BCUT2D eigenvalue weighted by Crippen LogP contribution is 2.27. The lowest BCUT2D eigenvalue weighted by molar-refractivity contribution is 0.842. The van der Waals surface area contributed by atoms with Crippen LogP contribution in [0.3, 0.4) is 0 Å². The normalized spacial score (nSPS) is 14.0. The molecule has 0 nitrogen and oxygen atoms in total. The molecule has 0 N–H and O–H groups in total. The summed E-state index contributed by atoms with van der Waals surface area (Å²) in [6, 6.07) is 14.2. The summed E-state index contributed by atoms with van der Waals surface area (Å²) in [6.07, 6.45) is 2.47. The summed E-state index contributed by atoms with van der Waals surface area (Å²) in [5, 5.41) is 2.59. The molecule has 1 aliphatic rings. The van der Waals surface area contributed by atoms with Crippen LogP contribution in [-0.4, -0.2) is 0 Å². The standard InChI is InChI=1S/C12H9/c1-2-4-10-8-12-6-5-11(12)7-9(10)3-1/h1-4,7H,5-6H2. The number of hydrogen-bond acceptors (Lipinski definition) is 0. The molecule has 0 saturated carbocycles. The van der Waals surface area contributed by atoms with E-state index in [1.54, 1.807) is 0 Å². The van der Waals surface area contributed by atoms with Crippen molar-refractivity contribution >= 4 is 10.8 Å². The number of aryl methyl sites for hydroxylation is 2. The SMILES string of the molecule is [c]1c2c(cc3ccccc13)CC2. The zero-order chi connectivity index (χ0) is 7.97. The third-order valence-corrected chi connectivity index (χ3v) is 2.61. The van der Waals surface area contributed by atoms with Gasteiger partial charge in [-0.15, -0.1) is 0 Å². The lowest BCUT2D eigenvalue weighted by atomic mass is 9.86. The van der Waals surface area contributed by atoms with Crippen LogP contribution < -0.4 is 0 Å². The predicted octanol–water partition coefficient (Wildman–Crippen LogP) is 2.74. The maximum atomic E-state index is 3.44. The molecule has 0 bridgehead atoms. The van der Waals surface area contributed by atoms with E-state index < -0.39 is 0 Å². The van der Waals surface area contributed by atoms with E-state index in [0.29, 0.717) is 0 Å². The Labute approximate surface area is 71.8 Å². The third-order valence-electron chi connectivity index (χ3n) is 2.61. The fourth-order valence-electron chi connectivity index (χ4n) is 1.78. The second-order valence-electron chi connectivity index (χ2n) is 3.36. The van der Waals surface area contributed by atoms with E-state index in [4.69, 9.17) is 0 Å². The smallest absolute Gasteiger partial charge is 0.00613 e. The molecule has 0 aromatic heterocycles. The van der Waals surface area contributed by atoms with Crippen LogP contribution in [0.5, 0.6) is 0 Å². The molecule has 3 rings (SSSR count). The molecule has 0 spiro atoms. The lowest BCUT2D eigenvalue weighted by Gasteiger charge is -2.18. The largest absolute Gasteiger partial charge is 0.0616 e. The van der Waals surface area contributed by atoms with Gasteiger partial charge in [0.2, 0.25) is 0 Å². The molecule has 0 amide bonds. The van der Waals surface area contributed by atoms with E-state index in [-0.39, 0.29) is 0 Å². The van der Waals surface area contributed by atoms with Crippen molar-refractivity contribution in [3.8, 4) is 0 Å². The summed E-state index contributed by atoms with van der Waals surface area (Å²) in [5.74, 6) is 0. The van der Waals surface area contributed by atoms with E-state index in [9.17, 15) is 0 Å². The van der Waals surface area contributed by atoms with Crippen molar-refractivity contribution in [1.29, 1.82) is 0 Å². The molecule has 0 atom stereocenters. The van der Waals surface area contributed by atoms with Crippen LogP contribution in [0, 0.1) is 6.07 Å². The van der Waals surface area contributed by atoms with Crippen molar-refractivity contribution in [2.75, 3.05) is 0 Å². The molecule has 0 heteroatoms. The first-order valence-electron chi connectivity index (χ1n) is 4.36. The molecule has 0 saturated heterocycles. The van der Waals surface area contributed by atoms with Crippen LogP contribution in [0.1, 0.15) is 11.1 Å².